The second-order valence-corrected chi connectivity index (χ2v) is 5.49. The molecular weight excluding hydrogens is 232 g/mol. The van der Waals surface area contributed by atoms with Crippen molar-refractivity contribution in [2.45, 2.75) is 23.2 Å². The summed E-state index contributed by atoms with van der Waals surface area (Å²) in [6.45, 7) is 1.35. The summed E-state index contributed by atoms with van der Waals surface area (Å²) in [4.78, 5) is 1.40. The summed E-state index contributed by atoms with van der Waals surface area (Å²) in [5.41, 5.74) is 1.45. The first-order valence-corrected chi connectivity index (χ1v) is 6.64. The lowest BCUT2D eigenvalue weighted by molar-refractivity contribution is 0.108. The van der Waals surface area contributed by atoms with Crippen molar-refractivity contribution in [1.29, 1.82) is 0 Å². The summed E-state index contributed by atoms with van der Waals surface area (Å²) < 4.78 is 10.9. The van der Waals surface area contributed by atoms with Crippen LogP contribution in [0.1, 0.15) is 11.3 Å². The Morgan fingerprint density at radius 2 is 2.18 bits per heavy atom. The second-order valence-electron chi connectivity index (χ2n) is 4.15. The van der Waals surface area contributed by atoms with Gasteiger partial charge in [0, 0.05) is 10.1 Å². The van der Waals surface area contributed by atoms with Crippen LogP contribution < -0.4 is 0 Å². The summed E-state index contributed by atoms with van der Waals surface area (Å²) >= 11 is 1.92. The van der Waals surface area contributed by atoms with Crippen LogP contribution in [0.25, 0.3) is 0 Å². The highest BCUT2D eigenvalue weighted by Gasteiger charge is 2.21. The summed E-state index contributed by atoms with van der Waals surface area (Å²) in [5.74, 6) is 0.894. The second kappa shape index (κ2) is 4.98. The average molecular weight is 246 g/mol. The molecule has 3 rings (SSSR count). The van der Waals surface area contributed by atoms with E-state index >= 15 is 0 Å². The minimum absolute atomic E-state index is 0.544. The number of furan rings is 1. The van der Waals surface area contributed by atoms with Gasteiger partial charge in [0.1, 0.15) is 12.4 Å². The van der Waals surface area contributed by atoms with Crippen LogP contribution in [0.5, 0.6) is 0 Å². The van der Waals surface area contributed by atoms with E-state index in [1.54, 1.807) is 6.26 Å². The van der Waals surface area contributed by atoms with Crippen LogP contribution in [0, 0.1) is 0 Å². The molecule has 3 heteroatoms. The molecule has 1 aliphatic rings. The molecule has 0 saturated heterocycles. The number of rotatable bonds is 4. The first kappa shape index (κ1) is 10.9. The lowest BCUT2D eigenvalue weighted by atomic mass is 10.1. The van der Waals surface area contributed by atoms with Gasteiger partial charge in [0.25, 0.3) is 0 Å². The Morgan fingerprint density at radius 3 is 3.00 bits per heavy atom. The third kappa shape index (κ3) is 2.56. The van der Waals surface area contributed by atoms with E-state index in [1.165, 1.54) is 10.5 Å². The number of hydrogen-bond acceptors (Lipinski definition) is 3. The number of hydrogen-bond donors (Lipinski definition) is 0. The Kier molecular flexibility index (Phi) is 3.20. The third-order valence-corrected chi connectivity index (χ3v) is 4.13. The van der Waals surface area contributed by atoms with Crippen LogP contribution in [0.15, 0.2) is 52.0 Å². The fraction of sp³-hybridized carbons (Fsp3) is 0.286. The fourth-order valence-corrected chi connectivity index (χ4v) is 3.28. The van der Waals surface area contributed by atoms with Crippen molar-refractivity contribution in [1.82, 2.24) is 0 Å². The molecule has 88 valence electrons. The van der Waals surface area contributed by atoms with Gasteiger partial charge in [-0.3, -0.25) is 0 Å². The van der Waals surface area contributed by atoms with E-state index in [-0.39, 0.29) is 0 Å². The molecule has 1 aromatic heterocycles. The van der Waals surface area contributed by atoms with E-state index < -0.39 is 0 Å². The van der Waals surface area contributed by atoms with E-state index in [1.807, 2.05) is 23.9 Å². The largest absolute Gasteiger partial charge is 0.467 e. The molecule has 1 aromatic carbocycles. The van der Waals surface area contributed by atoms with Crippen molar-refractivity contribution in [2.75, 3.05) is 6.61 Å². The van der Waals surface area contributed by atoms with E-state index in [0.717, 1.165) is 18.8 Å². The van der Waals surface area contributed by atoms with Crippen molar-refractivity contribution in [3.63, 3.8) is 0 Å². The highest BCUT2D eigenvalue weighted by molar-refractivity contribution is 8.00. The number of fused-ring (bicyclic) bond motifs is 1. The molecular formula is C14H14O2S. The average Bonchev–Trinajstić information content (AvgIpc) is 2.96. The van der Waals surface area contributed by atoms with Gasteiger partial charge in [-0.05, 0) is 30.2 Å². The molecule has 1 unspecified atom stereocenters. The Bertz CT molecular complexity index is 454. The Hall–Kier alpha value is -1.19. The smallest absolute Gasteiger partial charge is 0.129 e. The van der Waals surface area contributed by atoms with E-state index in [9.17, 15) is 0 Å². The molecule has 0 bridgehead atoms. The predicted octanol–water partition coefficient (Wildman–Crippen LogP) is 3.51. The minimum Gasteiger partial charge on any atom is -0.467 e. The van der Waals surface area contributed by atoms with Crippen molar-refractivity contribution in [3.8, 4) is 0 Å². The fourth-order valence-electron chi connectivity index (χ4n) is 2.03. The van der Waals surface area contributed by atoms with Crippen LogP contribution in [0.3, 0.4) is 0 Å². The molecule has 1 aliphatic heterocycles. The molecule has 0 spiro atoms. The van der Waals surface area contributed by atoms with Gasteiger partial charge in [0.15, 0.2) is 0 Å². The van der Waals surface area contributed by atoms with Crippen molar-refractivity contribution in [2.24, 2.45) is 0 Å². The third-order valence-electron chi connectivity index (χ3n) is 2.84. The molecule has 2 nitrogen and oxygen atoms in total. The number of thioether (sulfide) groups is 1. The van der Waals surface area contributed by atoms with Gasteiger partial charge in [-0.2, -0.15) is 0 Å². The highest BCUT2D eigenvalue weighted by atomic mass is 32.2. The van der Waals surface area contributed by atoms with Crippen LogP contribution >= 0.6 is 11.8 Å². The zero-order chi connectivity index (χ0) is 11.5. The SMILES string of the molecule is c1coc(COCC2Cc3ccccc3S2)c1. The lowest BCUT2D eigenvalue weighted by Crippen LogP contribution is -2.10. The first-order chi connectivity index (χ1) is 8.42. The van der Waals surface area contributed by atoms with E-state index in [2.05, 4.69) is 24.3 Å². The lowest BCUT2D eigenvalue weighted by Gasteiger charge is -2.08. The van der Waals surface area contributed by atoms with Gasteiger partial charge in [-0.25, -0.2) is 0 Å². The Labute approximate surface area is 105 Å². The topological polar surface area (TPSA) is 22.4 Å². The molecule has 17 heavy (non-hydrogen) atoms. The van der Waals surface area contributed by atoms with Crippen LogP contribution in [0.2, 0.25) is 0 Å². The number of ether oxygens (including phenoxy) is 1. The molecule has 2 heterocycles. The van der Waals surface area contributed by atoms with Gasteiger partial charge in [-0.15, -0.1) is 11.8 Å². The maximum Gasteiger partial charge on any atom is 0.129 e. The molecule has 0 amide bonds. The molecule has 0 N–H and O–H groups in total. The predicted molar refractivity (Wildman–Crippen MR) is 68.2 cm³/mol. The van der Waals surface area contributed by atoms with Crippen molar-refractivity contribution < 1.29 is 9.15 Å². The van der Waals surface area contributed by atoms with Crippen molar-refractivity contribution in [3.05, 3.63) is 54.0 Å². The van der Waals surface area contributed by atoms with Crippen LogP contribution in [-0.2, 0) is 17.8 Å². The molecule has 0 fully saturated rings. The minimum atomic E-state index is 0.544. The zero-order valence-electron chi connectivity index (χ0n) is 9.46. The first-order valence-electron chi connectivity index (χ1n) is 5.76. The van der Waals surface area contributed by atoms with Crippen LogP contribution in [-0.4, -0.2) is 11.9 Å². The monoisotopic (exact) mass is 246 g/mol. The summed E-state index contributed by atoms with van der Waals surface area (Å²) in [5, 5.41) is 0.544. The molecule has 0 radical (unpaired) electrons. The summed E-state index contributed by atoms with van der Waals surface area (Å²) in [7, 11) is 0. The molecule has 1 atom stereocenters. The summed E-state index contributed by atoms with van der Waals surface area (Å²) in [6, 6.07) is 12.4. The maximum atomic E-state index is 5.68. The normalized spacial score (nSPS) is 18.2. The van der Waals surface area contributed by atoms with E-state index in [4.69, 9.17) is 9.15 Å². The van der Waals surface area contributed by atoms with E-state index in [0.29, 0.717) is 11.9 Å². The van der Waals surface area contributed by atoms with Gasteiger partial charge < -0.3 is 9.15 Å². The highest BCUT2D eigenvalue weighted by Crippen LogP contribution is 2.36. The van der Waals surface area contributed by atoms with Crippen molar-refractivity contribution >= 4 is 11.8 Å². The Morgan fingerprint density at radius 1 is 1.24 bits per heavy atom. The standard InChI is InChI=1S/C14H14O2S/c1-2-6-14-11(4-1)8-13(17-14)10-15-9-12-5-3-7-16-12/h1-7,13H,8-10H2. The molecule has 2 aromatic rings. The summed E-state index contributed by atoms with van der Waals surface area (Å²) in [6.07, 6.45) is 2.79. The van der Waals surface area contributed by atoms with Gasteiger partial charge in [0.2, 0.25) is 0 Å². The Balaban J connectivity index is 1.49. The zero-order valence-corrected chi connectivity index (χ0v) is 10.3. The van der Waals surface area contributed by atoms with Gasteiger partial charge in [0.05, 0.1) is 12.9 Å². The van der Waals surface area contributed by atoms with Crippen LogP contribution in [0.4, 0.5) is 0 Å². The quantitative estimate of drug-likeness (QED) is 0.824. The van der Waals surface area contributed by atoms with Gasteiger partial charge in [-0.1, -0.05) is 18.2 Å². The van der Waals surface area contributed by atoms with Gasteiger partial charge >= 0.3 is 0 Å². The number of benzene rings is 1. The molecule has 0 saturated carbocycles. The maximum absolute atomic E-state index is 5.68. The molecule has 0 aliphatic carbocycles.